The van der Waals surface area contributed by atoms with Crippen LogP contribution in [0.5, 0.6) is 17.2 Å². The van der Waals surface area contributed by atoms with Gasteiger partial charge in [-0.05, 0) is 48.4 Å². The summed E-state index contributed by atoms with van der Waals surface area (Å²) in [6.07, 6.45) is 3.22. The van der Waals surface area contributed by atoms with Crippen LogP contribution in [0.4, 0.5) is 0 Å². The molecule has 0 radical (unpaired) electrons. The van der Waals surface area contributed by atoms with Crippen molar-refractivity contribution < 1.29 is 24.5 Å². The fourth-order valence-corrected chi connectivity index (χ4v) is 4.01. The monoisotopic (exact) mass is 436 g/mol. The number of hydrogen-bond donors (Lipinski definition) is 2. The van der Waals surface area contributed by atoms with Gasteiger partial charge in [-0.2, -0.15) is 0 Å². The smallest absolute Gasteiger partial charge is 0.198 e. The number of phenolic OH excluding ortho intramolecular Hbond substituents is 2. The Morgan fingerprint density at radius 3 is 2.23 bits per heavy atom. The Balaban J connectivity index is 1.69. The molecular formula is C25H21ClO5. The number of ketones is 2. The third-order valence-electron chi connectivity index (χ3n) is 5.39. The summed E-state index contributed by atoms with van der Waals surface area (Å²) in [5.41, 5.74) is 0.946. The standard InChI is InChI=1S/C25H21ClO5/c1-2-3-4-11-31-16-7-5-14(6-8-16)17-9-10-18-22(23(17)28)25(30)19-12-15(26)13-20(27)21(19)24(18)29/h5-10,12-13,27-28H,2-4,11H2,1H3. The third kappa shape index (κ3) is 3.77. The molecule has 0 saturated carbocycles. The van der Waals surface area contributed by atoms with Crippen LogP contribution in [0.1, 0.15) is 58.0 Å². The highest BCUT2D eigenvalue weighted by Crippen LogP contribution is 2.42. The van der Waals surface area contributed by atoms with Gasteiger partial charge in [-0.3, -0.25) is 9.59 Å². The maximum absolute atomic E-state index is 13.1. The van der Waals surface area contributed by atoms with Gasteiger partial charge >= 0.3 is 0 Å². The summed E-state index contributed by atoms with van der Waals surface area (Å²) in [5.74, 6) is -1.00. The molecule has 3 aromatic rings. The van der Waals surface area contributed by atoms with Crippen LogP contribution in [0.2, 0.25) is 5.02 Å². The third-order valence-corrected chi connectivity index (χ3v) is 5.60. The van der Waals surface area contributed by atoms with Crippen molar-refractivity contribution in [3.63, 3.8) is 0 Å². The highest BCUT2D eigenvalue weighted by Gasteiger charge is 2.35. The van der Waals surface area contributed by atoms with Gasteiger partial charge < -0.3 is 14.9 Å². The number of aromatic hydroxyl groups is 2. The summed E-state index contributed by atoms with van der Waals surface area (Å²) in [4.78, 5) is 26.0. The number of carbonyl (C=O) groups is 2. The first kappa shape index (κ1) is 20.9. The molecule has 0 bridgehead atoms. The van der Waals surface area contributed by atoms with Gasteiger partial charge in [0.2, 0.25) is 0 Å². The normalized spacial score (nSPS) is 12.5. The van der Waals surface area contributed by atoms with Gasteiger partial charge in [0, 0.05) is 21.7 Å². The lowest BCUT2D eigenvalue weighted by atomic mass is 9.81. The molecule has 5 nitrogen and oxygen atoms in total. The molecule has 158 valence electrons. The summed E-state index contributed by atoms with van der Waals surface area (Å²) < 4.78 is 5.71. The Bertz CT molecular complexity index is 1180. The summed E-state index contributed by atoms with van der Waals surface area (Å²) in [5, 5.41) is 21.2. The number of fused-ring (bicyclic) bond motifs is 2. The molecule has 31 heavy (non-hydrogen) atoms. The van der Waals surface area contributed by atoms with E-state index >= 15 is 0 Å². The first-order valence-corrected chi connectivity index (χ1v) is 10.5. The second-order valence-electron chi connectivity index (χ2n) is 7.47. The Morgan fingerprint density at radius 1 is 0.839 bits per heavy atom. The van der Waals surface area contributed by atoms with Crippen molar-refractivity contribution in [2.45, 2.75) is 26.2 Å². The van der Waals surface area contributed by atoms with Crippen LogP contribution in [-0.4, -0.2) is 28.4 Å². The minimum absolute atomic E-state index is 0.0224. The lowest BCUT2D eigenvalue weighted by Gasteiger charge is -2.21. The van der Waals surface area contributed by atoms with E-state index in [0.717, 1.165) is 25.0 Å². The number of benzene rings is 3. The number of phenols is 2. The predicted molar refractivity (Wildman–Crippen MR) is 119 cm³/mol. The molecular weight excluding hydrogens is 416 g/mol. The van der Waals surface area contributed by atoms with E-state index in [9.17, 15) is 19.8 Å². The van der Waals surface area contributed by atoms with Crippen LogP contribution in [0, 0.1) is 0 Å². The number of halogens is 1. The van der Waals surface area contributed by atoms with Crippen molar-refractivity contribution in [2.24, 2.45) is 0 Å². The Hall–Kier alpha value is -3.31. The fourth-order valence-electron chi connectivity index (χ4n) is 3.80. The molecule has 0 amide bonds. The number of hydrogen-bond acceptors (Lipinski definition) is 5. The van der Waals surface area contributed by atoms with Crippen molar-refractivity contribution in [3.8, 4) is 28.4 Å². The molecule has 0 saturated heterocycles. The van der Waals surface area contributed by atoms with Gasteiger partial charge in [-0.15, -0.1) is 0 Å². The van der Waals surface area contributed by atoms with E-state index < -0.39 is 11.6 Å². The molecule has 4 rings (SSSR count). The quantitative estimate of drug-likeness (QED) is 0.375. The SMILES string of the molecule is CCCCCOc1ccc(-c2ccc3c(c2O)C(=O)c2cc(Cl)cc(O)c2C3=O)cc1. The lowest BCUT2D eigenvalue weighted by Crippen LogP contribution is -2.21. The molecule has 0 fully saturated rings. The average Bonchev–Trinajstić information content (AvgIpc) is 2.75. The van der Waals surface area contributed by atoms with Crippen LogP contribution in [0.15, 0.2) is 48.5 Å². The second-order valence-corrected chi connectivity index (χ2v) is 7.91. The highest BCUT2D eigenvalue weighted by molar-refractivity contribution is 6.34. The fraction of sp³-hybridized carbons (Fsp3) is 0.200. The number of ether oxygens (including phenoxy) is 1. The number of carbonyl (C=O) groups excluding carboxylic acids is 2. The second kappa shape index (κ2) is 8.44. The lowest BCUT2D eigenvalue weighted by molar-refractivity contribution is 0.0974. The van der Waals surface area contributed by atoms with Gasteiger partial charge in [0.05, 0.1) is 17.7 Å². The van der Waals surface area contributed by atoms with E-state index in [0.29, 0.717) is 17.7 Å². The van der Waals surface area contributed by atoms with E-state index in [-0.39, 0.29) is 38.8 Å². The van der Waals surface area contributed by atoms with Gasteiger partial charge in [-0.1, -0.05) is 43.5 Å². The van der Waals surface area contributed by atoms with Crippen LogP contribution < -0.4 is 4.74 Å². The zero-order chi connectivity index (χ0) is 22.1. The summed E-state index contributed by atoms with van der Waals surface area (Å²) in [6, 6.07) is 12.8. The highest BCUT2D eigenvalue weighted by atomic mass is 35.5. The van der Waals surface area contributed by atoms with Gasteiger partial charge in [0.1, 0.15) is 17.2 Å². The van der Waals surface area contributed by atoms with E-state index in [1.165, 1.54) is 18.2 Å². The summed E-state index contributed by atoms with van der Waals surface area (Å²) >= 11 is 5.96. The van der Waals surface area contributed by atoms with Crippen molar-refractivity contribution in [3.05, 3.63) is 75.8 Å². The van der Waals surface area contributed by atoms with Crippen LogP contribution in [-0.2, 0) is 0 Å². The zero-order valence-electron chi connectivity index (χ0n) is 16.9. The first-order chi connectivity index (χ1) is 14.9. The van der Waals surface area contributed by atoms with Crippen molar-refractivity contribution in [2.75, 3.05) is 6.61 Å². The van der Waals surface area contributed by atoms with Crippen molar-refractivity contribution in [1.29, 1.82) is 0 Å². The van der Waals surface area contributed by atoms with Crippen LogP contribution in [0.25, 0.3) is 11.1 Å². The minimum Gasteiger partial charge on any atom is -0.507 e. The topological polar surface area (TPSA) is 83.8 Å². The van der Waals surface area contributed by atoms with Crippen LogP contribution in [0.3, 0.4) is 0 Å². The summed E-state index contributed by atoms with van der Waals surface area (Å²) in [6.45, 7) is 2.77. The van der Waals surface area contributed by atoms with E-state index in [1.54, 1.807) is 30.3 Å². The Morgan fingerprint density at radius 2 is 1.52 bits per heavy atom. The molecule has 0 heterocycles. The molecule has 0 atom stereocenters. The van der Waals surface area contributed by atoms with E-state index in [1.807, 2.05) is 0 Å². The first-order valence-electron chi connectivity index (χ1n) is 10.1. The van der Waals surface area contributed by atoms with Crippen molar-refractivity contribution in [1.82, 2.24) is 0 Å². The maximum atomic E-state index is 13.1. The largest absolute Gasteiger partial charge is 0.507 e. The van der Waals surface area contributed by atoms with Crippen molar-refractivity contribution >= 4 is 23.2 Å². The van der Waals surface area contributed by atoms with Crippen LogP contribution >= 0.6 is 11.6 Å². The number of rotatable bonds is 6. The molecule has 2 N–H and O–H groups in total. The molecule has 1 aliphatic rings. The molecule has 3 aromatic carbocycles. The van der Waals surface area contributed by atoms with E-state index in [4.69, 9.17) is 16.3 Å². The Kier molecular flexibility index (Phi) is 5.70. The summed E-state index contributed by atoms with van der Waals surface area (Å²) in [7, 11) is 0. The molecule has 0 spiro atoms. The number of unbranched alkanes of at least 4 members (excludes halogenated alkanes) is 2. The zero-order valence-corrected chi connectivity index (χ0v) is 17.7. The Labute approximate surface area is 184 Å². The van der Waals surface area contributed by atoms with Gasteiger partial charge in [0.15, 0.2) is 11.6 Å². The average molecular weight is 437 g/mol. The molecule has 0 aliphatic heterocycles. The molecule has 0 aromatic heterocycles. The van der Waals surface area contributed by atoms with E-state index in [2.05, 4.69) is 6.92 Å². The molecule has 6 heteroatoms. The minimum atomic E-state index is -0.558. The molecule has 1 aliphatic carbocycles. The predicted octanol–water partition coefficient (Wildman–Crippen LogP) is 5.76. The maximum Gasteiger partial charge on any atom is 0.198 e. The molecule has 0 unspecified atom stereocenters. The van der Waals surface area contributed by atoms with Gasteiger partial charge in [-0.25, -0.2) is 0 Å². The van der Waals surface area contributed by atoms with Gasteiger partial charge in [0.25, 0.3) is 0 Å².